The summed E-state index contributed by atoms with van der Waals surface area (Å²) in [5, 5.41) is 11.8. The molecule has 3 nitrogen and oxygen atoms in total. The topological polar surface area (TPSA) is 49.3 Å². The molecule has 0 bridgehead atoms. The largest absolute Gasteiger partial charge is 0.478 e. The Morgan fingerprint density at radius 1 is 1.10 bits per heavy atom. The van der Waals surface area contributed by atoms with E-state index in [0.717, 1.165) is 6.07 Å². The van der Waals surface area contributed by atoms with Crippen molar-refractivity contribution < 1.29 is 18.7 Å². The van der Waals surface area contributed by atoms with E-state index in [0.29, 0.717) is 11.3 Å². The van der Waals surface area contributed by atoms with Gasteiger partial charge in [0.2, 0.25) is 0 Å². The molecule has 0 heterocycles. The van der Waals surface area contributed by atoms with Crippen molar-refractivity contribution in [3.63, 3.8) is 0 Å². The van der Waals surface area contributed by atoms with E-state index in [2.05, 4.69) is 5.32 Å². The monoisotopic (exact) mass is 277 g/mol. The lowest BCUT2D eigenvalue weighted by atomic mass is 10.1. The van der Waals surface area contributed by atoms with Gasteiger partial charge in [-0.3, -0.25) is 0 Å². The minimum atomic E-state index is -1.00. The van der Waals surface area contributed by atoms with E-state index in [9.17, 15) is 13.6 Å². The number of benzene rings is 2. The highest BCUT2D eigenvalue weighted by atomic mass is 19.1. The van der Waals surface area contributed by atoms with Crippen molar-refractivity contribution in [2.75, 3.05) is 5.32 Å². The average molecular weight is 277 g/mol. The van der Waals surface area contributed by atoms with Gasteiger partial charge >= 0.3 is 5.97 Å². The van der Waals surface area contributed by atoms with Gasteiger partial charge in [0.25, 0.3) is 0 Å². The Labute approximate surface area is 114 Å². The predicted molar refractivity (Wildman–Crippen MR) is 71.8 cm³/mol. The lowest BCUT2D eigenvalue weighted by Crippen LogP contribution is -2.07. The number of carboxylic acid groups (broad SMARTS) is 1. The second-order valence-electron chi connectivity index (χ2n) is 4.45. The number of hydrogen-bond acceptors (Lipinski definition) is 2. The molecular weight excluding hydrogens is 264 g/mol. The van der Waals surface area contributed by atoms with Gasteiger partial charge < -0.3 is 10.4 Å². The Morgan fingerprint density at radius 3 is 2.15 bits per heavy atom. The zero-order valence-corrected chi connectivity index (χ0v) is 10.7. The van der Waals surface area contributed by atoms with Gasteiger partial charge in [-0.25, -0.2) is 13.6 Å². The quantitative estimate of drug-likeness (QED) is 0.892. The van der Waals surface area contributed by atoms with Crippen molar-refractivity contribution >= 4 is 11.7 Å². The fourth-order valence-corrected chi connectivity index (χ4v) is 1.87. The summed E-state index contributed by atoms with van der Waals surface area (Å²) in [6.45, 7) is 1.76. The first-order chi connectivity index (χ1) is 9.45. The first-order valence-corrected chi connectivity index (χ1v) is 6.01. The standard InChI is InChI=1S/C15H13F2NO2/c1-9(11-6-12(16)8-13(17)7-11)18-14-4-2-10(3-5-14)15(19)20/h2-9,18H,1H3,(H,19,20). The Hall–Kier alpha value is -2.43. The van der Waals surface area contributed by atoms with Gasteiger partial charge in [0, 0.05) is 17.8 Å². The van der Waals surface area contributed by atoms with E-state index < -0.39 is 17.6 Å². The number of anilines is 1. The van der Waals surface area contributed by atoms with E-state index in [4.69, 9.17) is 5.11 Å². The molecular formula is C15H13F2NO2. The van der Waals surface area contributed by atoms with Crippen LogP contribution in [0.15, 0.2) is 42.5 Å². The van der Waals surface area contributed by atoms with Gasteiger partial charge in [-0.05, 0) is 48.9 Å². The molecule has 0 aliphatic carbocycles. The van der Waals surface area contributed by atoms with Gasteiger partial charge in [0.1, 0.15) is 11.6 Å². The SMILES string of the molecule is CC(Nc1ccc(C(=O)O)cc1)c1cc(F)cc(F)c1. The fraction of sp³-hybridized carbons (Fsp3) is 0.133. The van der Waals surface area contributed by atoms with Crippen LogP contribution in [0.1, 0.15) is 28.9 Å². The van der Waals surface area contributed by atoms with Crippen LogP contribution < -0.4 is 5.32 Å². The zero-order chi connectivity index (χ0) is 14.7. The number of rotatable bonds is 4. The molecule has 0 aliphatic rings. The van der Waals surface area contributed by atoms with Crippen LogP contribution in [0.5, 0.6) is 0 Å². The Balaban J connectivity index is 2.14. The Kier molecular flexibility index (Phi) is 3.98. The van der Waals surface area contributed by atoms with Gasteiger partial charge in [0.15, 0.2) is 0 Å². The van der Waals surface area contributed by atoms with Crippen LogP contribution in [-0.4, -0.2) is 11.1 Å². The van der Waals surface area contributed by atoms with Gasteiger partial charge in [-0.15, -0.1) is 0 Å². The maximum Gasteiger partial charge on any atom is 0.335 e. The molecule has 20 heavy (non-hydrogen) atoms. The number of hydrogen-bond donors (Lipinski definition) is 2. The van der Waals surface area contributed by atoms with Crippen LogP contribution >= 0.6 is 0 Å². The molecule has 0 saturated carbocycles. The highest BCUT2D eigenvalue weighted by molar-refractivity contribution is 5.88. The average Bonchev–Trinajstić information content (AvgIpc) is 2.38. The molecule has 0 radical (unpaired) electrons. The Bertz CT molecular complexity index is 606. The van der Waals surface area contributed by atoms with Crippen molar-refractivity contribution in [2.24, 2.45) is 0 Å². The molecule has 0 spiro atoms. The summed E-state index contributed by atoms with van der Waals surface area (Å²) in [6.07, 6.45) is 0. The maximum absolute atomic E-state index is 13.1. The predicted octanol–water partition coefficient (Wildman–Crippen LogP) is 3.84. The molecule has 2 rings (SSSR count). The summed E-state index contributed by atoms with van der Waals surface area (Å²) in [6, 6.07) is 9.16. The van der Waals surface area contributed by atoms with E-state index in [1.54, 1.807) is 19.1 Å². The lowest BCUT2D eigenvalue weighted by molar-refractivity contribution is 0.0697. The van der Waals surface area contributed by atoms with Crippen LogP contribution in [0.25, 0.3) is 0 Å². The molecule has 5 heteroatoms. The normalized spacial score (nSPS) is 11.9. The summed E-state index contributed by atoms with van der Waals surface area (Å²) < 4.78 is 26.3. The minimum absolute atomic E-state index is 0.181. The van der Waals surface area contributed by atoms with Crippen molar-refractivity contribution in [2.45, 2.75) is 13.0 Å². The second kappa shape index (κ2) is 5.69. The third kappa shape index (κ3) is 3.32. The van der Waals surface area contributed by atoms with E-state index >= 15 is 0 Å². The molecule has 2 aromatic carbocycles. The first-order valence-electron chi connectivity index (χ1n) is 6.01. The Morgan fingerprint density at radius 2 is 1.65 bits per heavy atom. The number of carboxylic acids is 1. The molecule has 0 saturated heterocycles. The van der Waals surface area contributed by atoms with E-state index in [1.165, 1.54) is 24.3 Å². The summed E-state index contributed by atoms with van der Waals surface area (Å²) in [5.74, 6) is -2.26. The number of aromatic carboxylic acids is 1. The van der Waals surface area contributed by atoms with Crippen LogP contribution in [0.3, 0.4) is 0 Å². The molecule has 0 amide bonds. The summed E-state index contributed by atoms with van der Waals surface area (Å²) in [7, 11) is 0. The third-order valence-corrected chi connectivity index (χ3v) is 2.90. The number of nitrogens with one attached hydrogen (secondary N) is 1. The van der Waals surface area contributed by atoms with Crippen LogP contribution in [0, 0.1) is 11.6 Å². The van der Waals surface area contributed by atoms with Crippen LogP contribution in [0.4, 0.5) is 14.5 Å². The van der Waals surface area contributed by atoms with Crippen LogP contribution in [0.2, 0.25) is 0 Å². The molecule has 1 unspecified atom stereocenters. The van der Waals surface area contributed by atoms with Crippen LogP contribution in [-0.2, 0) is 0 Å². The van der Waals surface area contributed by atoms with Crippen molar-refractivity contribution in [1.82, 2.24) is 0 Å². The van der Waals surface area contributed by atoms with E-state index in [-0.39, 0.29) is 11.6 Å². The second-order valence-corrected chi connectivity index (χ2v) is 4.45. The zero-order valence-electron chi connectivity index (χ0n) is 10.7. The number of halogens is 2. The third-order valence-electron chi connectivity index (χ3n) is 2.90. The van der Waals surface area contributed by atoms with Gasteiger partial charge in [0.05, 0.1) is 5.56 Å². The highest BCUT2D eigenvalue weighted by Crippen LogP contribution is 2.21. The molecule has 2 N–H and O–H groups in total. The smallest absolute Gasteiger partial charge is 0.335 e. The van der Waals surface area contributed by atoms with Gasteiger partial charge in [-0.1, -0.05) is 0 Å². The molecule has 104 valence electrons. The summed E-state index contributed by atoms with van der Waals surface area (Å²) in [5.41, 5.74) is 1.33. The molecule has 1 atom stereocenters. The maximum atomic E-state index is 13.1. The van der Waals surface area contributed by atoms with Gasteiger partial charge in [-0.2, -0.15) is 0 Å². The molecule has 2 aromatic rings. The van der Waals surface area contributed by atoms with Crippen molar-refractivity contribution in [1.29, 1.82) is 0 Å². The lowest BCUT2D eigenvalue weighted by Gasteiger charge is -2.16. The summed E-state index contributed by atoms with van der Waals surface area (Å²) in [4.78, 5) is 10.7. The van der Waals surface area contributed by atoms with Crippen molar-refractivity contribution in [3.05, 3.63) is 65.2 Å². The van der Waals surface area contributed by atoms with Crippen molar-refractivity contribution in [3.8, 4) is 0 Å². The fourth-order valence-electron chi connectivity index (χ4n) is 1.87. The minimum Gasteiger partial charge on any atom is -0.478 e. The number of carbonyl (C=O) groups is 1. The summed E-state index contributed by atoms with van der Waals surface area (Å²) >= 11 is 0. The first kappa shape index (κ1) is 14.0. The highest BCUT2D eigenvalue weighted by Gasteiger charge is 2.09. The molecule has 0 aliphatic heterocycles. The molecule has 0 aromatic heterocycles. The van der Waals surface area contributed by atoms with E-state index in [1.807, 2.05) is 0 Å². The molecule has 0 fully saturated rings.